The number of rotatable bonds is 3. The zero-order chi connectivity index (χ0) is 14.9. The van der Waals surface area contributed by atoms with Crippen LogP contribution in [-0.2, 0) is 14.8 Å². The van der Waals surface area contributed by atoms with Crippen LogP contribution in [0.1, 0.15) is 6.92 Å². The van der Waals surface area contributed by atoms with E-state index in [9.17, 15) is 8.42 Å². The van der Waals surface area contributed by atoms with Crippen molar-refractivity contribution in [1.82, 2.24) is 4.31 Å². The van der Waals surface area contributed by atoms with E-state index in [-0.39, 0.29) is 30.7 Å². The molecule has 1 aromatic carbocycles. The van der Waals surface area contributed by atoms with Gasteiger partial charge in [0.1, 0.15) is 0 Å². The smallest absolute Gasteiger partial charge is 0.243 e. The number of benzene rings is 1. The second kappa shape index (κ2) is 6.29. The van der Waals surface area contributed by atoms with Gasteiger partial charge >= 0.3 is 0 Å². The predicted octanol–water partition coefficient (Wildman–Crippen LogP) is 1.87. The number of halogens is 2. The number of sulfonamides is 1. The number of ether oxygens (including phenoxy) is 1. The van der Waals surface area contributed by atoms with Crippen LogP contribution < -0.4 is 0 Å². The summed E-state index contributed by atoms with van der Waals surface area (Å²) in [6, 6.07) is 4.21. The minimum absolute atomic E-state index is 0.139. The van der Waals surface area contributed by atoms with E-state index in [1.54, 1.807) is 6.92 Å². The van der Waals surface area contributed by atoms with Gasteiger partial charge in [-0.15, -0.1) is 0 Å². The van der Waals surface area contributed by atoms with Crippen molar-refractivity contribution in [2.24, 2.45) is 0 Å². The Morgan fingerprint density at radius 2 is 2.25 bits per heavy atom. The summed E-state index contributed by atoms with van der Waals surface area (Å²) in [5.41, 5.74) is 0. The number of hydrogen-bond donors (Lipinski definition) is 1. The van der Waals surface area contributed by atoms with Crippen molar-refractivity contribution in [2.45, 2.75) is 24.0 Å². The van der Waals surface area contributed by atoms with Gasteiger partial charge in [0.15, 0.2) is 0 Å². The molecule has 0 spiro atoms. The first-order valence-corrected chi connectivity index (χ1v) is 8.66. The molecule has 1 aromatic rings. The molecule has 1 aliphatic heterocycles. The van der Waals surface area contributed by atoms with E-state index in [0.717, 1.165) is 0 Å². The first-order valence-electron chi connectivity index (χ1n) is 6.05. The number of aliphatic hydroxyl groups is 1. The Labute approximate surface area is 131 Å². The van der Waals surface area contributed by atoms with Crippen molar-refractivity contribution in [3.8, 4) is 0 Å². The third kappa shape index (κ3) is 3.18. The molecule has 1 heterocycles. The van der Waals surface area contributed by atoms with Crippen molar-refractivity contribution in [3.63, 3.8) is 0 Å². The average molecular weight is 385 g/mol. The predicted molar refractivity (Wildman–Crippen MR) is 79.3 cm³/mol. The van der Waals surface area contributed by atoms with Gasteiger partial charge in [-0.25, -0.2) is 8.42 Å². The molecule has 2 atom stereocenters. The molecular formula is C12H15BrClNO4S. The average Bonchev–Trinajstić information content (AvgIpc) is 2.42. The van der Waals surface area contributed by atoms with E-state index in [2.05, 4.69) is 15.9 Å². The Kier molecular flexibility index (Phi) is 5.09. The lowest BCUT2D eigenvalue weighted by Gasteiger charge is -2.36. The van der Waals surface area contributed by atoms with Gasteiger partial charge in [-0.3, -0.25) is 0 Å². The molecule has 2 unspecified atom stereocenters. The van der Waals surface area contributed by atoms with E-state index in [0.29, 0.717) is 9.50 Å². The quantitative estimate of drug-likeness (QED) is 0.864. The highest BCUT2D eigenvalue weighted by Crippen LogP contribution is 2.28. The maximum absolute atomic E-state index is 12.6. The van der Waals surface area contributed by atoms with Crippen molar-refractivity contribution < 1.29 is 18.3 Å². The Hall–Kier alpha value is -0.180. The Balaban J connectivity index is 2.35. The summed E-state index contributed by atoms with van der Waals surface area (Å²) in [6.45, 7) is 1.97. The van der Waals surface area contributed by atoms with E-state index in [4.69, 9.17) is 21.4 Å². The zero-order valence-electron chi connectivity index (χ0n) is 10.8. The summed E-state index contributed by atoms with van der Waals surface area (Å²) in [5, 5.41) is 9.59. The Morgan fingerprint density at radius 1 is 1.55 bits per heavy atom. The fourth-order valence-electron chi connectivity index (χ4n) is 2.01. The van der Waals surface area contributed by atoms with Gasteiger partial charge in [-0.2, -0.15) is 4.31 Å². The van der Waals surface area contributed by atoms with Crippen LogP contribution in [0.2, 0.25) is 5.02 Å². The van der Waals surface area contributed by atoms with Gasteiger partial charge < -0.3 is 9.84 Å². The molecule has 0 aromatic heterocycles. The molecule has 0 radical (unpaired) electrons. The molecule has 0 aliphatic carbocycles. The second-order valence-corrected chi connectivity index (χ2v) is 7.79. The molecule has 1 aliphatic rings. The molecule has 8 heteroatoms. The van der Waals surface area contributed by atoms with E-state index >= 15 is 0 Å². The summed E-state index contributed by atoms with van der Waals surface area (Å²) in [6.07, 6.45) is -0.489. The van der Waals surface area contributed by atoms with Crippen LogP contribution in [0.4, 0.5) is 0 Å². The number of aliphatic hydroxyl groups excluding tert-OH is 1. The van der Waals surface area contributed by atoms with E-state index in [1.807, 2.05) is 0 Å². The van der Waals surface area contributed by atoms with Gasteiger partial charge in [0, 0.05) is 17.1 Å². The number of morpholine rings is 1. The molecule has 112 valence electrons. The molecule has 0 bridgehead atoms. The lowest BCUT2D eigenvalue weighted by molar-refractivity contribution is -0.0516. The van der Waals surface area contributed by atoms with E-state index in [1.165, 1.54) is 22.5 Å². The molecule has 20 heavy (non-hydrogen) atoms. The molecule has 1 N–H and O–H groups in total. The lowest BCUT2D eigenvalue weighted by atomic mass is 10.2. The molecule has 1 saturated heterocycles. The first-order chi connectivity index (χ1) is 9.36. The van der Waals surface area contributed by atoms with Gasteiger partial charge in [-0.1, -0.05) is 11.6 Å². The molecule has 1 fully saturated rings. The first kappa shape index (κ1) is 16.2. The van der Waals surface area contributed by atoms with Gasteiger partial charge in [0.2, 0.25) is 10.0 Å². The summed E-state index contributed by atoms with van der Waals surface area (Å²) in [4.78, 5) is 0.166. The summed E-state index contributed by atoms with van der Waals surface area (Å²) >= 11 is 9.11. The minimum Gasteiger partial charge on any atom is -0.394 e. The molecule has 0 amide bonds. The van der Waals surface area contributed by atoms with E-state index < -0.39 is 16.1 Å². The van der Waals surface area contributed by atoms with Crippen LogP contribution >= 0.6 is 27.5 Å². The molecule has 0 saturated carbocycles. The second-order valence-electron chi connectivity index (χ2n) is 4.64. The molecule has 2 rings (SSSR count). The highest BCUT2D eigenvalue weighted by atomic mass is 79.9. The maximum Gasteiger partial charge on any atom is 0.243 e. The maximum atomic E-state index is 12.6. The third-order valence-electron chi connectivity index (χ3n) is 3.15. The summed E-state index contributed by atoms with van der Waals surface area (Å²) < 4.78 is 32.5. The monoisotopic (exact) mass is 383 g/mol. The van der Waals surface area contributed by atoms with Crippen molar-refractivity contribution in [1.29, 1.82) is 0 Å². The largest absolute Gasteiger partial charge is 0.394 e. The standard InChI is InChI=1S/C12H15BrClNO4S/c1-8-7-19-9(6-16)5-15(8)20(17,18)10-2-3-12(14)11(13)4-10/h2-4,8-9,16H,5-7H2,1H3. The van der Waals surface area contributed by atoms with Crippen molar-refractivity contribution in [2.75, 3.05) is 19.8 Å². The van der Waals surface area contributed by atoms with Crippen LogP contribution in [0, 0.1) is 0 Å². The molecule has 5 nitrogen and oxygen atoms in total. The lowest BCUT2D eigenvalue weighted by Crippen LogP contribution is -2.51. The van der Waals surface area contributed by atoms with Crippen molar-refractivity contribution in [3.05, 3.63) is 27.7 Å². The Bertz CT molecular complexity index is 595. The zero-order valence-corrected chi connectivity index (χ0v) is 13.9. The van der Waals surface area contributed by atoms with Gasteiger partial charge in [0.25, 0.3) is 0 Å². The normalized spacial score (nSPS) is 24.8. The van der Waals surface area contributed by atoms with Crippen LogP contribution in [0.3, 0.4) is 0 Å². The topological polar surface area (TPSA) is 66.8 Å². The van der Waals surface area contributed by atoms with Crippen molar-refractivity contribution >= 4 is 37.6 Å². The molecular weight excluding hydrogens is 370 g/mol. The summed E-state index contributed by atoms with van der Waals surface area (Å²) in [7, 11) is -3.64. The third-order valence-corrected chi connectivity index (χ3v) is 6.34. The SMILES string of the molecule is CC1COC(CO)CN1S(=O)(=O)c1ccc(Cl)c(Br)c1. The van der Waals surface area contributed by atoms with Crippen LogP contribution in [0.15, 0.2) is 27.6 Å². The van der Waals surface area contributed by atoms with Gasteiger partial charge in [0.05, 0.1) is 29.2 Å². The number of hydrogen-bond acceptors (Lipinski definition) is 4. The van der Waals surface area contributed by atoms with Crippen LogP contribution in [0.5, 0.6) is 0 Å². The highest BCUT2D eigenvalue weighted by molar-refractivity contribution is 9.10. The minimum atomic E-state index is -3.64. The summed E-state index contributed by atoms with van der Waals surface area (Å²) in [5.74, 6) is 0. The highest BCUT2D eigenvalue weighted by Gasteiger charge is 2.35. The van der Waals surface area contributed by atoms with Crippen LogP contribution in [-0.4, -0.2) is 49.7 Å². The van der Waals surface area contributed by atoms with Crippen LogP contribution in [0.25, 0.3) is 0 Å². The van der Waals surface area contributed by atoms with Gasteiger partial charge in [-0.05, 0) is 41.1 Å². The Morgan fingerprint density at radius 3 is 2.85 bits per heavy atom. The fourth-order valence-corrected chi connectivity index (χ4v) is 4.33. The number of nitrogens with zero attached hydrogens (tertiary/aromatic N) is 1. The fraction of sp³-hybridized carbons (Fsp3) is 0.500.